The average molecular weight is 279 g/mol. The highest BCUT2D eigenvalue weighted by atomic mass is 16.5. The standard InChI is InChI=1S/C15H25N3O2/c1-17(2)15(19)12-18(3)14-7-5-13(6-8-14)11-16-9-10-20-4/h5-8,16H,9-12H2,1-4H3. The molecule has 5 nitrogen and oxygen atoms in total. The number of hydrogen-bond acceptors (Lipinski definition) is 4. The first-order chi connectivity index (χ1) is 9.54. The van der Waals surface area contributed by atoms with Gasteiger partial charge in [-0.3, -0.25) is 4.79 Å². The number of nitrogens with zero attached hydrogens (tertiary/aromatic N) is 2. The van der Waals surface area contributed by atoms with Gasteiger partial charge in [-0.2, -0.15) is 0 Å². The first-order valence-corrected chi connectivity index (χ1v) is 6.74. The molecule has 1 aromatic carbocycles. The van der Waals surface area contributed by atoms with Gasteiger partial charge < -0.3 is 19.9 Å². The molecule has 1 amide bonds. The van der Waals surface area contributed by atoms with Crippen LogP contribution in [0.4, 0.5) is 5.69 Å². The van der Waals surface area contributed by atoms with Gasteiger partial charge in [0.25, 0.3) is 0 Å². The monoisotopic (exact) mass is 279 g/mol. The quantitative estimate of drug-likeness (QED) is 0.720. The number of carbonyl (C=O) groups is 1. The number of amides is 1. The molecule has 0 unspecified atom stereocenters. The van der Waals surface area contributed by atoms with Gasteiger partial charge in [0, 0.05) is 47.0 Å². The molecule has 0 aliphatic carbocycles. The van der Waals surface area contributed by atoms with Crippen LogP contribution < -0.4 is 10.2 Å². The van der Waals surface area contributed by atoms with Gasteiger partial charge in [-0.15, -0.1) is 0 Å². The minimum absolute atomic E-state index is 0.0952. The van der Waals surface area contributed by atoms with Crippen molar-refractivity contribution in [1.29, 1.82) is 0 Å². The summed E-state index contributed by atoms with van der Waals surface area (Å²) < 4.78 is 4.98. The lowest BCUT2D eigenvalue weighted by Gasteiger charge is -2.21. The number of ether oxygens (including phenoxy) is 1. The molecule has 0 bridgehead atoms. The van der Waals surface area contributed by atoms with Crippen molar-refractivity contribution >= 4 is 11.6 Å². The van der Waals surface area contributed by atoms with E-state index in [9.17, 15) is 4.79 Å². The predicted molar refractivity (Wildman–Crippen MR) is 82.0 cm³/mol. The molecule has 0 atom stereocenters. The number of nitrogens with one attached hydrogen (secondary N) is 1. The van der Waals surface area contributed by atoms with Crippen molar-refractivity contribution in [1.82, 2.24) is 10.2 Å². The minimum Gasteiger partial charge on any atom is -0.383 e. The Morgan fingerprint density at radius 2 is 1.85 bits per heavy atom. The molecule has 0 aliphatic rings. The maximum Gasteiger partial charge on any atom is 0.241 e. The van der Waals surface area contributed by atoms with Crippen molar-refractivity contribution in [3.05, 3.63) is 29.8 Å². The number of rotatable bonds is 8. The molecule has 1 aromatic rings. The zero-order chi connectivity index (χ0) is 15.0. The number of likely N-dealkylation sites (N-methyl/N-ethyl adjacent to an activating group) is 2. The largest absolute Gasteiger partial charge is 0.383 e. The van der Waals surface area contributed by atoms with Gasteiger partial charge in [-0.05, 0) is 17.7 Å². The van der Waals surface area contributed by atoms with E-state index in [1.54, 1.807) is 26.1 Å². The van der Waals surface area contributed by atoms with Crippen LogP contribution in [-0.2, 0) is 16.1 Å². The first kappa shape index (κ1) is 16.5. The third-order valence-electron chi connectivity index (χ3n) is 3.06. The number of benzene rings is 1. The van der Waals surface area contributed by atoms with Crippen LogP contribution in [0, 0.1) is 0 Å². The van der Waals surface area contributed by atoms with Gasteiger partial charge in [0.1, 0.15) is 0 Å². The van der Waals surface area contributed by atoms with E-state index in [1.807, 2.05) is 24.1 Å². The van der Waals surface area contributed by atoms with Gasteiger partial charge in [-0.1, -0.05) is 12.1 Å². The summed E-state index contributed by atoms with van der Waals surface area (Å²) in [4.78, 5) is 15.2. The van der Waals surface area contributed by atoms with Gasteiger partial charge >= 0.3 is 0 Å². The molecule has 5 heteroatoms. The normalized spacial score (nSPS) is 10.4. The van der Waals surface area contributed by atoms with Crippen LogP contribution in [0.15, 0.2) is 24.3 Å². The fourth-order valence-electron chi connectivity index (χ4n) is 1.71. The number of hydrogen-bond donors (Lipinski definition) is 1. The molecule has 1 N–H and O–H groups in total. The van der Waals surface area contributed by atoms with Gasteiger partial charge in [0.15, 0.2) is 0 Å². The second kappa shape index (κ2) is 8.55. The molecule has 0 heterocycles. The molecule has 0 aliphatic heterocycles. The zero-order valence-electron chi connectivity index (χ0n) is 12.8. The van der Waals surface area contributed by atoms with Crippen molar-refractivity contribution in [2.24, 2.45) is 0 Å². The van der Waals surface area contributed by atoms with Gasteiger partial charge in [-0.25, -0.2) is 0 Å². The molecule has 112 valence electrons. The van der Waals surface area contributed by atoms with Crippen molar-refractivity contribution in [3.8, 4) is 0 Å². The second-order valence-corrected chi connectivity index (χ2v) is 4.98. The maximum absolute atomic E-state index is 11.7. The molecule has 0 spiro atoms. The summed E-state index contributed by atoms with van der Waals surface area (Å²) in [7, 11) is 7.16. The Bertz CT molecular complexity index is 404. The molecule has 1 rings (SSSR count). The van der Waals surface area contributed by atoms with Crippen LogP contribution >= 0.6 is 0 Å². The highest BCUT2D eigenvalue weighted by Gasteiger charge is 2.08. The van der Waals surface area contributed by atoms with E-state index >= 15 is 0 Å². The summed E-state index contributed by atoms with van der Waals surface area (Å²) in [5, 5.41) is 3.30. The van der Waals surface area contributed by atoms with E-state index in [1.165, 1.54) is 5.56 Å². The number of anilines is 1. The SMILES string of the molecule is COCCNCc1ccc(N(C)CC(=O)N(C)C)cc1. The minimum atomic E-state index is 0.0952. The van der Waals surface area contributed by atoms with Crippen LogP contribution in [0.2, 0.25) is 0 Å². The van der Waals surface area contributed by atoms with E-state index in [-0.39, 0.29) is 5.91 Å². The van der Waals surface area contributed by atoms with Crippen LogP contribution in [0.1, 0.15) is 5.56 Å². The van der Waals surface area contributed by atoms with Crippen molar-refractivity contribution < 1.29 is 9.53 Å². The molecule has 0 aromatic heterocycles. The summed E-state index contributed by atoms with van der Waals surface area (Å²) >= 11 is 0. The fourth-order valence-corrected chi connectivity index (χ4v) is 1.71. The topological polar surface area (TPSA) is 44.8 Å². The summed E-state index contributed by atoms with van der Waals surface area (Å²) in [5.41, 5.74) is 2.26. The summed E-state index contributed by atoms with van der Waals surface area (Å²) in [6, 6.07) is 8.23. The Balaban J connectivity index is 2.46. The van der Waals surface area contributed by atoms with Crippen molar-refractivity contribution in [3.63, 3.8) is 0 Å². The van der Waals surface area contributed by atoms with E-state index in [2.05, 4.69) is 17.4 Å². The summed E-state index contributed by atoms with van der Waals surface area (Å²) in [5.74, 6) is 0.0952. The predicted octanol–water partition coefficient (Wildman–Crippen LogP) is 0.947. The molecule has 20 heavy (non-hydrogen) atoms. The lowest BCUT2D eigenvalue weighted by atomic mass is 10.2. The van der Waals surface area contributed by atoms with E-state index in [0.717, 1.165) is 18.8 Å². The van der Waals surface area contributed by atoms with Crippen LogP contribution in [0.3, 0.4) is 0 Å². The van der Waals surface area contributed by atoms with E-state index in [4.69, 9.17) is 4.74 Å². The molecule has 0 radical (unpaired) electrons. The van der Waals surface area contributed by atoms with E-state index in [0.29, 0.717) is 13.2 Å². The Morgan fingerprint density at radius 1 is 1.20 bits per heavy atom. The Hall–Kier alpha value is -1.59. The highest BCUT2D eigenvalue weighted by molar-refractivity contribution is 5.80. The maximum atomic E-state index is 11.7. The molecular formula is C15H25N3O2. The molecule has 0 saturated heterocycles. The average Bonchev–Trinajstić information content (AvgIpc) is 2.44. The Labute approximate surface area is 121 Å². The molecular weight excluding hydrogens is 254 g/mol. The lowest BCUT2D eigenvalue weighted by Crippen LogP contribution is -2.34. The zero-order valence-corrected chi connectivity index (χ0v) is 12.8. The molecule has 0 saturated carbocycles. The Kier molecular flexibility index (Phi) is 7.04. The summed E-state index contributed by atoms with van der Waals surface area (Å²) in [6.07, 6.45) is 0. The van der Waals surface area contributed by atoms with Gasteiger partial charge in [0.05, 0.1) is 13.2 Å². The summed E-state index contributed by atoms with van der Waals surface area (Å²) in [6.45, 7) is 2.77. The third-order valence-corrected chi connectivity index (χ3v) is 3.06. The number of methoxy groups -OCH3 is 1. The fraction of sp³-hybridized carbons (Fsp3) is 0.533. The Morgan fingerprint density at radius 3 is 2.40 bits per heavy atom. The number of carbonyl (C=O) groups excluding carboxylic acids is 1. The van der Waals surface area contributed by atoms with Gasteiger partial charge in [0.2, 0.25) is 5.91 Å². The third kappa shape index (κ3) is 5.59. The van der Waals surface area contributed by atoms with Crippen LogP contribution in [0.5, 0.6) is 0 Å². The lowest BCUT2D eigenvalue weighted by molar-refractivity contribution is -0.127. The molecule has 0 fully saturated rings. The second-order valence-electron chi connectivity index (χ2n) is 4.98. The highest BCUT2D eigenvalue weighted by Crippen LogP contribution is 2.13. The van der Waals surface area contributed by atoms with E-state index < -0.39 is 0 Å². The first-order valence-electron chi connectivity index (χ1n) is 6.74. The van der Waals surface area contributed by atoms with Crippen molar-refractivity contribution in [2.75, 3.05) is 52.8 Å². The van der Waals surface area contributed by atoms with Crippen LogP contribution in [-0.4, -0.2) is 58.8 Å². The van der Waals surface area contributed by atoms with Crippen molar-refractivity contribution in [2.45, 2.75) is 6.54 Å². The van der Waals surface area contributed by atoms with Crippen LogP contribution in [0.25, 0.3) is 0 Å². The smallest absolute Gasteiger partial charge is 0.241 e.